The topological polar surface area (TPSA) is 72.6 Å². The summed E-state index contributed by atoms with van der Waals surface area (Å²) in [7, 11) is -3.41. The predicted octanol–water partition coefficient (Wildman–Crippen LogP) is 2.26. The predicted molar refractivity (Wildman–Crippen MR) is 90.0 cm³/mol. The van der Waals surface area contributed by atoms with Crippen LogP contribution in [0.1, 0.15) is 26.2 Å². The van der Waals surface area contributed by atoms with Crippen molar-refractivity contribution in [1.82, 2.24) is 4.31 Å². The fourth-order valence-corrected chi connectivity index (χ4v) is 4.29. The van der Waals surface area contributed by atoms with E-state index in [0.29, 0.717) is 42.8 Å². The van der Waals surface area contributed by atoms with Crippen LogP contribution in [0.5, 0.6) is 5.75 Å². The third-order valence-electron chi connectivity index (χ3n) is 3.83. The van der Waals surface area contributed by atoms with E-state index in [1.54, 1.807) is 28.6 Å². The van der Waals surface area contributed by atoms with Gasteiger partial charge in [0, 0.05) is 13.1 Å². The zero-order chi connectivity index (χ0) is 15.3. The monoisotopic (exact) mass is 348 g/mol. The van der Waals surface area contributed by atoms with E-state index in [1.165, 1.54) is 0 Å². The molecule has 126 valence electrons. The second kappa shape index (κ2) is 8.72. The third-order valence-corrected chi connectivity index (χ3v) is 5.71. The number of sulfonamides is 1. The molecule has 0 bridgehead atoms. The van der Waals surface area contributed by atoms with Crippen molar-refractivity contribution in [3.8, 4) is 5.75 Å². The van der Waals surface area contributed by atoms with Crippen molar-refractivity contribution in [2.24, 2.45) is 11.7 Å². The summed E-state index contributed by atoms with van der Waals surface area (Å²) >= 11 is 0. The van der Waals surface area contributed by atoms with Crippen LogP contribution in [0.4, 0.5) is 0 Å². The van der Waals surface area contributed by atoms with E-state index < -0.39 is 10.0 Å². The molecular formula is C15H25ClN2O3S. The van der Waals surface area contributed by atoms with Gasteiger partial charge in [0.25, 0.3) is 0 Å². The highest BCUT2D eigenvalue weighted by Crippen LogP contribution is 2.26. The lowest BCUT2D eigenvalue weighted by Crippen LogP contribution is -2.40. The lowest BCUT2D eigenvalue weighted by Gasteiger charge is -2.31. The Labute approximate surface area is 139 Å². The first-order valence-corrected chi connectivity index (χ1v) is 8.95. The van der Waals surface area contributed by atoms with Crippen LogP contribution in [0.25, 0.3) is 0 Å². The summed E-state index contributed by atoms with van der Waals surface area (Å²) in [5.74, 6) is 1.07. The van der Waals surface area contributed by atoms with Gasteiger partial charge in [0.2, 0.25) is 10.0 Å². The third kappa shape index (κ3) is 4.59. The van der Waals surface area contributed by atoms with Crippen molar-refractivity contribution in [3.05, 3.63) is 24.3 Å². The number of rotatable bonds is 6. The molecule has 7 heteroatoms. The van der Waals surface area contributed by atoms with Gasteiger partial charge in [-0.3, -0.25) is 0 Å². The number of hydrogen-bond donors (Lipinski definition) is 1. The Morgan fingerprint density at radius 1 is 1.32 bits per heavy atom. The van der Waals surface area contributed by atoms with Gasteiger partial charge in [-0.05, 0) is 62.9 Å². The molecule has 1 aliphatic heterocycles. The van der Waals surface area contributed by atoms with Crippen molar-refractivity contribution in [1.29, 1.82) is 0 Å². The van der Waals surface area contributed by atoms with Crippen LogP contribution in [0, 0.1) is 5.92 Å². The zero-order valence-corrected chi connectivity index (χ0v) is 14.5. The minimum atomic E-state index is -3.41. The number of nitrogens with zero attached hydrogens (tertiary/aromatic N) is 1. The number of nitrogens with two attached hydrogens (primary N) is 1. The average Bonchev–Trinajstić information content (AvgIpc) is 2.49. The molecule has 1 saturated heterocycles. The Kier molecular flexibility index (Phi) is 7.62. The van der Waals surface area contributed by atoms with Gasteiger partial charge in [-0.15, -0.1) is 12.4 Å². The van der Waals surface area contributed by atoms with E-state index in [0.717, 1.165) is 19.3 Å². The van der Waals surface area contributed by atoms with Crippen LogP contribution in [0.3, 0.4) is 0 Å². The molecule has 0 amide bonds. The van der Waals surface area contributed by atoms with E-state index in [1.807, 2.05) is 6.92 Å². The molecule has 5 nitrogen and oxygen atoms in total. The van der Waals surface area contributed by atoms with Crippen molar-refractivity contribution >= 4 is 22.4 Å². The fourth-order valence-electron chi connectivity index (χ4n) is 2.74. The largest absolute Gasteiger partial charge is 0.494 e. The van der Waals surface area contributed by atoms with Crippen LogP contribution in [0.15, 0.2) is 29.2 Å². The minimum Gasteiger partial charge on any atom is -0.494 e. The second-order valence-electron chi connectivity index (χ2n) is 5.35. The van der Waals surface area contributed by atoms with Crippen LogP contribution >= 0.6 is 12.4 Å². The molecule has 1 fully saturated rings. The first-order chi connectivity index (χ1) is 10.1. The van der Waals surface area contributed by atoms with E-state index >= 15 is 0 Å². The second-order valence-corrected chi connectivity index (χ2v) is 7.29. The molecule has 1 heterocycles. The molecule has 0 aromatic heterocycles. The molecule has 0 saturated carbocycles. The van der Waals surface area contributed by atoms with Gasteiger partial charge >= 0.3 is 0 Å². The van der Waals surface area contributed by atoms with Gasteiger partial charge in [0.1, 0.15) is 5.75 Å². The first kappa shape index (κ1) is 19.2. The number of benzene rings is 1. The first-order valence-electron chi connectivity index (χ1n) is 7.51. The van der Waals surface area contributed by atoms with Gasteiger partial charge in [-0.25, -0.2) is 8.42 Å². The molecule has 2 rings (SSSR count). The summed E-state index contributed by atoms with van der Waals surface area (Å²) in [6.07, 6.45) is 2.85. The van der Waals surface area contributed by atoms with Crippen LogP contribution in [-0.4, -0.2) is 39.0 Å². The molecular weight excluding hydrogens is 324 g/mol. The Morgan fingerprint density at radius 2 is 2.00 bits per heavy atom. The molecule has 1 aromatic rings. The van der Waals surface area contributed by atoms with E-state index in [9.17, 15) is 8.42 Å². The van der Waals surface area contributed by atoms with Crippen molar-refractivity contribution < 1.29 is 13.2 Å². The number of piperidine rings is 1. The highest BCUT2D eigenvalue weighted by molar-refractivity contribution is 7.89. The summed E-state index contributed by atoms with van der Waals surface area (Å²) in [6, 6.07) is 6.65. The zero-order valence-electron chi connectivity index (χ0n) is 12.9. The van der Waals surface area contributed by atoms with Crippen molar-refractivity contribution in [2.45, 2.75) is 31.1 Å². The highest BCUT2D eigenvalue weighted by Gasteiger charge is 2.29. The van der Waals surface area contributed by atoms with Gasteiger partial charge in [0.05, 0.1) is 11.5 Å². The number of halogens is 1. The van der Waals surface area contributed by atoms with Crippen LogP contribution in [-0.2, 0) is 10.0 Å². The summed E-state index contributed by atoms with van der Waals surface area (Å²) in [6.45, 7) is 4.25. The number of ether oxygens (including phenoxy) is 1. The molecule has 1 atom stereocenters. The smallest absolute Gasteiger partial charge is 0.243 e. The molecule has 1 unspecified atom stereocenters. The maximum atomic E-state index is 12.7. The fraction of sp³-hybridized carbons (Fsp3) is 0.600. The van der Waals surface area contributed by atoms with E-state index in [4.69, 9.17) is 10.5 Å². The Balaban J connectivity index is 0.00000242. The molecule has 0 aliphatic carbocycles. The molecule has 22 heavy (non-hydrogen) atoms. The van der Waals surface area contributed by atoms with E-state index in [-0.39, 0.29) is 12.4 Å². The van der Waals surface area contributed by atoms with Crippen molar-refractivity contribution in [2.75, 3.05) is 26.2 Å². The summed E-state index contributed by atoms with van der Waals surface area (Å²) < 4.78 is 32.3. The van der Waals surface area contributed by atoms with Gasteiger partial charge < -0.3 is 10.5 Å². The average molecular weight is 349 g/mol. The van der Waals surface area contributed by atoms with Crippen LogP contribution < -0.4 is 10.5 Å². The Morgan fingerprint density at radius 3 is 2.59 bits per heavy atom. The Bertz CT molecular complexity index is 546. The SMILES string of the molecule is CCOc1ccc(S(=O)(=O)N2CCCC(CCN)C2)cc1.Cl. The highest BCUT2D eigenvalue weighted by atomic mass is 35.5. The standard InChI is InChI=1S/C15H24N2O3S.ClH/c1-2-20-14-5-7-15(8-6-14)21(18,19)17-11-3-4-13(12-17)9-10-16;/h5-8,13H,2-4,9-12,16H2,1H3;1H. The molecule has 0 radical (unpaired) electrons. The molecule has 1 aliphatic rings. The molecule has 2 N–H and O–H groups in total. The summed E-state index contributed by atoms with van der Waals surface area (Å²) in [5.41, 5.74) is 5.59. The summed E-state index contributed by atoms with van der Waals surface area (Å²) in [5, 5.41) is 0. The molecule has 0 spiro atoms. The number of hydrogen-bond acceptors (Lipinski definition) is 4. The lowest BCUT2D eigenvalue weighted by molar-refractivity contribution is 0.258. The van der Waals surface area contributed by atoms with Gasteiger partial charge in [-0.1, -0.05) is 0 Å². The minimum absolute atomic E-state index is 0. The van der Waals surface area contributed by atoms with Gasteiger partial charge in [-0.2, -0.15) is 4.31 Å². The Hall–Kier alpha value is -0.820. The maximum Gasteiger partial charge on any atom is 0.243 e. The van der Waals surface area contributed by atoms with Gasteiger partial charge in [0.15, 0.2) is 0 Å². The quantitative estimate of drug-likeness (QED) is 0.855. The summed E-state index contributed by atoms with van der Waals surface area (Å²) in [4.78, 5) is 0.333. The molecule has 1 aromatic carbocycles. The maximum absolute atomic E-state index is 12.7. The lowest BCUT2D eigenvalue weighted by atomic mass is 9.96. The van der Waals surface area contributed by atoms with Crippen LogP contribution in [0.2, 0.25) is 0 Å². The van der Waals surface area contributed by atoms with E-state index in [2.05, 4.69) is 0 Å². The van der Waals surface area contributed by atoms with Crippen molar-refractivity contribution in [3.63, 3.8) is 0 Å². The normalized spacial score (nSPS) is 19.5.